The Bertz CT molecular complexity index is 992. The minimum Gasteiger partial charge on any atom is -0.322 e. The Morgan fingerprint density at radius 1 is 1.12 bits per heavy atom. The molecule has 4 aromatic rings. The maximum atomic E-state index is 12.3. The molecule has 1 amide bonds. The van der Waals surface area contributed by atoms with Crippen molar-refractivity contribution in [3.8, 4) is 11.3 Å². The van der Waals surface area contributed by atoms with Gasteiger partial charge in [0.2, 0.25) is 0 Å². The summed E-state index contributed by atoms with van der Waals surface area (Å²) in [5.41, 5.74) is 3.08. The molecule has 4 nitrogen and oxygen atoms in total. The Balaban J connectivity index is 1.54. The van der Waals surface area contributed by atoms with Crippen LogP contribution < -0.4 is 5.32 Å². The highest BCUT2D eigenvalue weighted by Gasteiger charge is 2.10. The third kappa shape index (κ3) is 2.79. The van der Waals surface area contributed by atoms with Gasteiger partial charge in [-0.3, -0.25) is 9.20 Å². The zero-order chi connectivity index (χ0) is 16.5. The molecule has 118 valence electrons. The first-order valence-electron chi connectivity index (χ1n) is 7.29. The SMILES string of the molecule is O=C(Nc1ccc(-c2cn3ccsc3n2)cc1)c1ccccc1Cl. The normalized spacial score (nSPS) is 10.9. The van der Waals surface area contributed by atoms with Gasteiger partial charge in [0.1, 0.15) is 0 Å². The summed E-state index contributed by atoms with van der Waals surface area (Å²) in [6.45, 7) is 0. The van der Waals surface area contributed by atoms with Crippen LogP contribution in [0.3, 0.4) is 0 Å². The van der Waals surface area contributed by atoms with Crippen LogP contribution in [0, 0.1) is 0 Å². The molecule has 0 aliphatic carbocycles. The summed E-state index contributed by atoms with van der Waals surface area (Å²) in [6.07, 6.45) is 3.97. The maximum Gasteiger partial charge on any atom is 0.257 e. The standard InChI is InChI=1S/C18H12ClN3OS/c19-15-4-2-1-3-14(15)17(23)20-13-7-5-12(6-8-13)16-11-22-9-10-24-18(22)21-16/h1-11H,(H,20,23). The zero-order valence-electron chi connectivity index (χ0n) is 12.4. The second-order valence-corrected chi connectivity index (χ2v) is 6.51. The van der Waals surface area contributed by atoms with Crippen molar-refractivity contribution in [1.82, 2.24) is 9.38 Å². The Kier molecular flexibility index (Phi) is 3.80. The summed E-state index contributed by atoms with van der Waals surface area (Å²) in [6, 6.07) is 14.6. The lowest BCUT2D eigenvalue weighted by molar-refractivity contribution is 0.102. The highest BCUT2D eigenvalue weighted by Crippen LogP contribution is 2.23. The second kappa shape index (κ2) is 6.11. The van der Waals surface area contributed by atoms with Gasteiger partial charge in [-0.05, 0) is 24.3 Å². The number of hydrogen-bond donors (Lipinski definition) is 1. The van der Waals surface area contributed by atoms with Crippen molar-refractivity contribution in [1.29, 1.82) is 0 Å². The molecule has 2 heterocycles. The van der Waals surface area contributed by atoms with Crippen LogP contribution >= 0.6 is 22.9 Å². The lowest BCUT2D eigenvalue weighted by Gasteiger charge is -2.07. The first kappa shape index (κ1) is 14.9. The topological polar surface area (TPSA) is 46.4 Å². The number of nitrogens with zero attached hydrogens (tertiary/aromatic N) is 2. The van der Waals surface area contributed by atoms with Crippen LogP contribution in [-0.4, -0.2) is 15.3 Å². The van der Waals surface area contributed by atoms with Gasteiger partial charge in [0.25, 0.3) is 5.91 Å². The van der Waals surface area contributed by atoms with E-state index in [0.29, 0.717) is 16.3 Å². The first-order valence-corrected chi connectivity index (χ1v) is 8.55. The molecule has 2 aromatic carbocycles. The minimum atomic E-state index is -0.226. The molecule has 24 heavy (non-hydrogen) atoms. The summed E-state index contributed by atoms with van der Waals surface area (Å²) in [7, 11) is 0. The largest absolute Gasteiger partial charge is 0.322 e. The van der Waals surface area contributed by atoms with E-state index in [1.165, 1.54) is 0 Å². The lowest BCUT2D eigenvalue weighted by Crippen LogP contribution is -2.12. The smallest absolute Gasteiger partial charge is 0.257 e. The maximum absolute atomic E-state index is 12.3. The van der Waals surface area contributed by atoms with E-state index < -0.39 is 0 Å². The van der Waals surface area contributed by atoms with Crippen molar-refractivity contribution in [3.05, 3.63) is 76.9 Å². The Morgan fingerprint density at radius 2 is 1.92 bits per heavy atom. The fraction of sp³-hybridized carbons (Fsp3) is 0. The Hall–Kier alpha value is -2.63. The third-order valence-corrected chi connectivity index (χ3v) is 4.75. The van der Waals surface area contributed by atoms with Crippen LogP contribution in [0.2, 0.25) is 5.02 Å². The van der Waals surface area contributed by atoms with Crippen molar-refractivity contribution in [3.63, 3.8) is 0 Å². The van der Waals surface area contributed by atoms with E-state index in [1.807, 2.05) is 46.4 Å². The van der Waals surface area contributed by atoms with Gasteiger partial charge in [0.05, 0.1) is 16.3 Å². The number of halogens is 1. The fourth-order valence-corrected chi connectivity index (χ4v) is 3.36. The average molecular weight is 354 g/mol. The molecule has 0 aliphatic heterocycles. The number of imidazole rings is 1. The third-order valence-electron chi connectivity index (χ3n) is 3.65. The van der Waals surface area contributed by atoms with Gasteiger partial charge in [-0.1, -0.05) is 35.9 Å². The molecular formula is C18H12ClN3OS. The van der Waals surface area contributed by atoms with E-state index in [1.54, 1.807) is 35.6 Å². The van der Waals surface area contributed by atoms with Crippen molar-refractivity contribution >= 4 is 39.5 Å². The predicted molar refractivity (Wildman–Crippen MR) is 97.9 cm³/mol. The average Bonchev–Trinajstić information content (AvgIpc) is 3.17. The number of carbonyl (C=O) groups is 1. The highest BCUT2D eigenvalue weighted by atomic mass is 35.5. The van der Waals surface area contributed by atoms with Crippen LogP contribution in [0.1, 0.15) is 10.4 Å². The Morgan fingerprint density at radius 3 is 2.67 bits per heavy atom. The molecule has 0 unspecified atom stereocenters. The summed E-state index contributed by atoms with van der Waals surface area (Å²) < 4.78 is 1.99. The lowest BCUT2D eigenvalue weighted by atomic mass is 10.1. The van der Waals surface area contributed by atoms with Crippen LogP contribution in [-0.2, 0) is 0 Å². The number of rotatable bonds is 3. The summed E-state index contributed by atoms with van der Waals surface area (Å²) in [5, 5.41) is 5.29. The summed E-state index contributed by atoms with van der Waals surface area (Å²) in [4.78, 5) is 17.8. The molecule has 0 aliphatic rings. The van der Waals surface area contributed by atoms with Crippen LogP contribution in [0.25, 0.3) is 16.2 Å². The number of anilines is 1. The molecule has 0 saturated heterocycles. The van der Waals surface area contributed by atoms with Gasteiger partial charge in [-0.15, -0.1) is 11.3 Å². The van der Waals surface area contributed by atoms with Gasteiger partial charge >= 0.3 is 0 Å². The van der Waals surface area contributed by atoms with Gasteiger partial charge in [0, 0.05) is 29.0 Å². The van der Waals surface area contributed by atoms with Crippen molar-refractivity contribution in [2.24, 2.45) is 0 Å². The van der Waals surface area contributed by atoms with Crippen LogP contribution in [0.15, 0.2) is 66.3 Å². The molecular weight excluding hydrogens is 342 g/mol. The molecule has 0 atom stereocenters. The fourth-order valence-electron chi connectivity index (χ4n) is 2.43. The van der Waals surface area contributed by atoms with E-state index in [0.717, 1.165) is 16.2 Å². The molecule has 6 heteroatoms. The molecule has 0 spiro atoms. The van der Waals surface area contributed by atoms with E-state index >= 15 is 0 Å². The van der Waals surface area contributed by atoms with Crippen LogP contribution in [0.4, 0.5) is 5.69 Å². The second-order valence-electron chi connectivity index (χ2n) is 5.23. The van der Waals surface area contributed by atoms with Gasteiger partial charge in [-0.2, -0.15) is 0 Å². The monoisotopic (exact) mass is 353 g/mol. The first-order chi connectivity index (χ1) is 11.7. The van der Waals surface area contributed by atoms with E-state index in [2.05, 4.69) is 10.3 Å². The Labute approximate surface area is 147 Å². The highest BCUT2D eigenvalue weighted by molar-refractivity contribution is 7.15. The van der Waals surface area contributed by atoms with E-state index in [9.17, 15) is 4.79 Å². The number of benzene rings is 2. The number of aromatic nitrogens is 2. The number of nitrogens with one attached hydrogen (secondary N) is 1. The number of fused-ring (bicyclic) bond motifs is 1. The molecule has 2 aromatic heterocycles. The number of hydrogen-bond acceptors (Lipinski definition) is 3. The number of thiazole rings is 1. The molecule has 0 saturated carbocycles. The van der Waals surface area contributed by atoms with Crippen molar-refractivity contribution in [2.75, 3.05) is 5.32 Å². The van der Waals surface area contributed by atoms with Gasteiger partial charge in [0.15, 0.2) is 4.96 Å². The quantitative estimate of drug-likeness (QED) is 0.565. The predicted octanol–water partition coefficient (Wildman–Crippen LogP) is 4.97. The molecule has 1 N–H and O–H groups in total. The summed E-state index contributed by atoms with van der Waals surface area (Å²) >= 11 is 7.64. The van der Waals surface area contributed by atoms with Gasteiger partial charge < -0.3 is 5.32 Å². The number of amides is 1. The van der Waals surface area contributed by atoms with Gasteiger partial charge in [-0.25, -0.2) is 4.98 Å². The molecule has 4 rings (SSSR count). The minimum absolute atomic E-state index is 0.226. The van der Waals surface area contributed by atoms with Crippen molar-refractivity contribution < 1.29 is 4.79 Å². The van der Waals surface area contributed by atoms with Crippen molar-refractivity contribution in [2.45, 2.75) is 0 Å². The van der Waals surface area contributed by atoms with E-state index in [-0.39, 0.29) is 5.91 Å². The summed E-state index contributed by atoms with van der Waals surface area (Å²) in [5.74, 6) is -0.226. The van der Waals surface area contributed by atoms with Crippen LogP contribution in [0.5, 0.6) is 0 Å². The van der Waals surface area contributed by atoms with E-state index in [4.69, 9.17) is 11.6 Å². The number of carbonyl (C=O) groups excluding carboxylic acids is 1. The molecule has 0 fully saturated rings. The zero-order valence-corrected chi connectivity index (χ0v) is 14.0. The molecule has 0 radical (unpaired) electrons. The molecule has 0 bridgehead atoms.